The molecule has 252 valence electrons. The first-order chi connectivity index (χ1) is 22.7. The van der Waals surface area contributed by atoms with Gasteiger partial charge in [-0.05, 0) is 94.0 Å². The lowest BCUT2D eigenvalue weighted by Gasteiger charge is -2.37. The van der Waals surface area contributed by atoms with Crippen molar-refractivity contribution in [1.29, 1.82) is 0 Å². The van der Waals surface area contributed by atoms with Crippen LogP contribution in [0, 0.1) is 18.8 Å². The molecular formula is C36H47N5O5S. The summed E-state index contributed by atoms with van der Waals surface area (Å²) in [5.74, 6) is 2.57. The standard InChI is InChI=1S/C36H47N5O5S/c1-22(2)34-38-18-32(47-34)27-15-16-37-33(17-27)41(19-24-5-7-25(8-6-24)30-13-14-31(45-4)23(3)39-30)35(43)26-9-11-29(12-10-26)46-36(44)40-20-28(42)21-40/h13-18,22,24-26,28-29,42H,5-12,19-21H2,1-4H3. The van der Waals surface area contributed by atoms with Crippen molar-refractivity contribution in [3.63, 3.8) is 0 Å². The summed E-state index contributed by atoms with van der Waals surface area (Å²) in [7, 11) is 1.67. The van der Waals surface area contributed by atoms with E-state index in [1.54, 1.807) is 24.6 Å². The molecule has 2 saturated carbocycles. The number of hydrogen-bond acceptors (Lipinski definition) is 9. The minimum absolute atomic E-state index is 0.104. The van der Waals surface area contributed by atoms with Crippen LogP contribution in [0.1, 0.15) is 93.4 Å². The van der Waals surface area contributed by atoms with Gasteiger partial charge in [0, 0.05) is 42.4 Å². The van der Waals surface area contributed by atoms with Gasteiger partial charge in [-0.3, -0.25) is 14.7 Å². The van der Waals surface area contributed by atoms with Crippen molar-refractivity contribution in [2.75, 3.05) is 31.6 Å². The molecule has 10 nitrogen and oxygen atoms in total. The van der Waals surface area contributed by atoms with Crippen molar-refractivity contribution < 1.29 is 24.2 Å². The minimum Gasteiger partial charge on any atom is -0.495 e. The second-order valence-corrected chi connectivity index (χ2v) is 14.8. The summed E-state index contributed by atoms with van der Waals surface area (Å²) in [6, 6.07) is 8.14. The molecule has 6 rings (SSSR count). The molecule has 4 heterocycles. The van der Waals surface area contributed by atoms with Crippen LogP contribution in [0.5, 0.6) is 5.75 Å². The highest BCUT2D eigenvalue weighted by Crippen LogP contribution is 2.38. The number of methoxy groups -OCH3 is 1. The first-order valence-corrected chi connectivity index (χ1v) is 17.9. The van der Waals surface area contributed by atoms with E-state index in [2.05, 4.69) is 24.9 Å². The summed E-state index contributed by atoms with van der Waals surface area (Å²) in [5, 5.41) is 10.6. The van der Waals surface area contributed by atoms with E-state index in [-0.39, 0.29) is 24.0 Å². The summed E-state index contributed by atoms with van der Waals surface area (Å²) in [4.78, 5) is 45.5. The van der Waals surface area contributed by atoms with Crippen molar-refractivity contribution in [2.24, 2.45) is 11.8 Å². The van der Waals surface area contributed by atoms with Gasteiger partial charge in [0.25, 0.3) is 0 Å². The van der Waals surface area contributed by atoms with Crippen LogP contribution in [0.3, 0.4) is 0 Å². The van der Waals surface area contributed by atoms with E-state index in [1.807, 2.05) is 36.2 Å². The van der Waals surface area contributed by atoms with Crippen LogP contribution >= 0.6 is 11.3 Å². The van der Waals surface area contributed by atoms with E-state index in [1.165, 1.54) is 4.90 Å². The van der Waals surface area contributed by atoms with Gasteiger partial charge in [-0.1, -0.05) is 13.8 Å². The molecule has 1 saturated heterocycles. The molecule has 0 atom stereocenters. The van der Waals surface area contributed by atoms with Crippen molar-refractivity contribution in [3.05, 3.63) is 53.1 Å². The van der Waals surface area contributed by atoms with Crippen molar-refractivity contribution in [2.45, 2.75) is 96.2 Å². The van der Waals surface area contributed by atoms with Gasteiger partial charge in [-0.25, -0.2) is 14.8 Å². The third kappa shape index (κ3) is 7.78. The Bertz CT molecular complexity index is 1540. The van der Waals surface area contributed by atoms with E-state index >= 15 is 0 Å². The zero-order chi connectivity index (χ0) is 33.1. The summed E-state index contributed by atoms with van der Waals surface area (Å²) in [5.41, 5.74) is 3.06. The number of pyridine rings is 2. The molecule has 2 aliphatic carbocycles. The van der Waals surface area contributed by atoms with E-state index in [0.717, 1.165) is 58.3 Å². The van der Waals surface area contributed by atoms with Gasteiger partial charge in [0.1, 0.15) is 17.7 Å². The topological polar surface area (TPSA) is 118 Å². The number of hydrogen-bond donors (Lipinski definition) is 1. The predicted octanol–water partition coefficient (Wildman–Crippen LogP) is 6.72. The van der Waals surface area contributed by atoms with Gasteiger partial charge in [-0.15, -0.1) is 11.3 Å². The molecular weight excluding hydrogens is 614 g/mol. The quantitative estimate of drug-likeness (QED) is 0.269. The number of aliphatic hydroxyl groups excluding tert-OH is 1. The Labute approximate surface area is 281 Å². The minimum atomic E-state index is -0.458. The van der Waals surface area contributed by atoms with E-state index in [9.17, 15) is 14.7 Å². The molecule has 1 aliphatic heterocycles. The molecule has 2 amide bonds. The highest BCUT2D eigenvalue weighted by molar-refractivity contribution is 7.15. The molecule has 1 N–H and O–H groups in total. The van der Waals surface area contributed by atoms with Gasteiger partial charge >= 0.3 is 6.09 Å². The van der Waals surface area contributed by atoms with Crippen molar-refractivity contribution in [3.8, 4) is 16.2 Å². The number of amides is 2. The predicted molar refractivity (Wildman–Crippen MR) is 182 cm³/mol. The Morgan fingerprint density at radius 1 is 1.04 bits per heavy atom. The second kappa shape index (κ2) is 14.7. The Morgan fingerprint density at radius 2 is 1.79 bits per heavy atom. The van der Waals surface area contributed by atoms with E-state index in [4.69, 9.17) is 19.4 Å². The lowest BCUT2D eigenvalue weighted by Crippen LogP contribution is -2.54. The number of aryl methyl sites for hydroxylation is 1. The monoisotopic (exact) mass is 661 g/mol. The molecule has 3 aliphatic rings. The van der Waals surface area contributed by atoms with Crippen LogP contribution in [0.2, 0.25) is 0 Å². The maximum Gasteiger partial charge on any atom is 0.410 e. The molecule has 3 fully saturated rings. The molecule has 3 aromatic rings. The molecule has 3 aromatic heterocycles. The smallest absolute Gasteiger partial charge is 0.410 e. The van der Waals surface area contributed by atoms with Gasteiger partial charge in [-0.2, -0.15) is 0 Å². The van der Waals surface area contributed by atoms with Gasteiger partial charge in [0.05, 0.1) is 41.9 Å². The number of aliphatic hydroxyl groups is 1. The van der Waals surface area contributed by atoms with Crippen LogP contribution in [0.15, 0.2) is 36.7 Å². The number of aromatic nitrogens is 3. The Morgan fingerprint density at radius 3 is 2.43 bits per heavy atom. The largest absolute Gasteiger partial charge is 0.495 e. The Balaban J connectivity index is 1.15. The second-order valence-electron chi connectivity index (χ2n) is 13.7. The Kier molecular flexibility index (Phi) is 10.4. The highest BCUT2D eigenvalue weighted by Gasteiger charge is 2.36. The number of nitrogens with zero attached hydrogens (tertiary/aromatic N) is 5. The van der Waals surface area contributed by atoms with Crippen LogP contribution < -0.4 is 9.64 Å². The van der Waals surface area contributed by atoms with Gasteiger partial charge < -0.3 is 19.5 Å². The number of anilines is 1. The van der Waals surface area contributed by atoms with E-state index < -0.39 is 6.10 Å². The number of rotatable bonds is 9. The maximum absolute atomic E-state index is 14.3. The van der Waals surface area contributed by atoms with Crippen LogP contribution in [-0.2, 0) is 9.53 Å². The number of carbonyl (C=O) groups excluding carboxylic acids is 2. The maximum atomic E-state index is 14.3. The molecule has 0 spiro atoms. The van der Waals surface area contributed by atoms with Gasteiger partial charge in [0.15, 0.2) is 0 Å². The first-order valence-electron chi connectivity index (χ1n) is 17.1. The summed E-state index contributed by atoms with van der Waals surface area (Å²) in [6.07, 6.45) is 9.42. The number of likely N-dealkylation sites (tertiary alicyclic amines) is 1. The lowest BCUT2D eigenvalue weighted by molar-refractivity contribution is -0.124. The average Bonchev–Trinajstić information content (AvgIpc) is 3.57. The lowest BCUT2D eigenvalue weighted by atomic mass is 9.79. The van der Waals surface area contributed by atoms with Gasteiger partial charge in [0.2, 0.25) is 5.91 Å². The number of thiazole rings is 1. The normalized spacial score (nSPS) is 23.3. The zero-order valence-electron chi connectivity index (χ0n) is 27.9. The highest BCUT2D eigenvalue weighted by atomic mass is 32.1. The molecule has 0 bridgehead atoms. The number of ether oxygens (including phenoxy) is 2. The van der Waals surface area contributed by atoms with Crippen molar-refractivity contribution >= 4 is 29.2 Å². The average molecular weight is 662 g/mol. The Hall–Kier alpha value is -3.57. The third-order valence-electron chi connectivity index (χ3n) is 9.99. The molecule has 0 unspecified atom stereocenters. The molecule has 47 heavy (non-hydrogen) atoms. The summed E-state index contributed by atoms with van der Waals surface area (Å²) < 4.78 is 11.1. The summed E-state index contributed by atoms with van der Waals surface area (Å²) in [6.45, 7) is 7.56. The summed E-state index contributed by atoms with van der Waals surface area (Å²) >= 11 is 1.69. The number of β-amino-alcohol motifs (C(OH)–C–C–N with tert-alkyl or cyclic N) is 1. The zero-order valence-corrected chi connectivity index (χ0v) is 28.7. The first kappa shape index (κ1) is 33.3. The van der Waals surface area contributed by atoms with E-state index in [0.29, 0.717) is 68.9 Å². The fourth-order valence-electron chi connectivity index (χ4n) is 7.08. The fraction of sp³-hybridized carbons (Fsp3) is 0.583. The molecule has 11 heteroatoms. The fourth-order valence-corrected chi connectivity index (χ4v) is 8.00. The van der Waals surface area contributed by atoms with Crippen LogP contribution in [0.4, 0.5) is 10.6 Å². The number of carbonyl (C=O) groups is 2. The molecule has 0 radical (unpaired) electrons. The molecule has 0 aromatic carbocycles. The SMILES string of the molecule is COc1ccc(C2CCC(CN(C(=O)C3CCC(OC(=O)N4CC(O)C4)CC3)c3cc(-c4cnc(C(C)C)s4)ccn3)CC2)nc1C. The van der Waals surface area contributed by atoms with Crippen LogP contribution in [-0.4, -0.2) is 75.9 Å². The third-order valence-corrected chi connectivity index (χ3v) is 11.3. The van der Waals surface area contributed by atoms with Crippen molar-refractivity contribution in [1.82, 2.24) is 19.9 Å². The van der Waals surface area contributed by atoms with Crippen LogP contribution in [0.25, 0.3) is 10.4 Å².